The molecule has 1 aliphatic heterocycles. The lowest BCUT2D eigenvalue weighted by molar-refractivity contribution is -0.167. The van der Waals surface area contributed by atoms with Gasteiger partial charge in [0.1, 0.15) is 12.2 Å². The zero-order chi connectivity index (χ0) is 19.6. The summed E-state index contributed by atoms with van der Waals surface area (Å²) in [5.74, 6) is -1.59. The minimum Gasteiger partial charge on any atom is -0.462 e. The minimum absolute atomic E-state index is 0.0969. The lowest BCUT2D eigenvalue weighted by Crippen LogP contribution is -2.42. The molecule has 2 aliphatic rings. The highest BCUT2D eigenvalue weighted by Gasteiger charge is 2.43. The van der Waals surface area contributed by atoms with Crippen LogP contribution in [0.1, 0.15) is 53.9 Å². The van der Waals surface area contributed by atoms with E-state index >= 15 is 0 Å². The molecule has 2 rings (SSSR count). The predicted octanol–water partition coefficient (Wildman–Crippen LogP) is 2.22. The number of carbonyl (C=O) groups is 2. The largest absolute Gasteiger partial charge is 0.462 e. The summed E-state index contributed by atoms with van der Waals surface area (Å²) in [5, 5.41) is 20.1. The van der Waals surface area contributed by atoms with E-state index < -0.39 is 30.2 Å². The maximum atomic E-state index is 12.5. The first-order valence-electron chi connectivity index (χ1n) is 9.58. The first kappa shape index (κ1) is 20.9. The smallest absolute Gasteiger partial charge is 0.334 e. The summed E-state index contributed by atoms with van der Waals surface area (Å²) >= 11 is 0. The zero-order valence-corrected chi connectivity index (χ0v) is 16.3. The van der Waals surface area contributed by atoms with Gasteiger partial charge in [-0.05, 0) is 38.5 Å². The van der Waals surface area contributed by atoms with Gasteiger partial charge in [0.2, 0.25) is 0 Å². The second kappa shape index (κ2) is 8.53. The molecular weight excluding hydrogens is 336 g/mol. The minimum atomic E-state index is -0.804. The molecule has 1 heterocycles. The number of ether oxygens (including phenoxy) is 2. The van der Waals surface area contributed by atoms with Crippen LogP contribution < -0.4 is 0 Å². The molecule has 0 spiro atoms. The highest BCUT2D eigenvalue weighted by atomic mass is 16.6. The van der Waals surface area contributed by atoms with E-state index in [9.17, 15) is 19.8 Å². The number of hydrogen-bond donors (Lipinski definition) is 2. The van der Waals surface area contributed by atoms with Crippen LogP contribution in [0.3, 0.4) is 0 Å². The molecule has 0 aromatic heterocycles. The van der Waals surface area contributed by atoms with E-state index in [0.717, 1.165) is 0 Å². The third-order valence-corrected chi connectivity index (χ3v) is 5.80. The fourth-order valence-corrected chi connectivity index (χ4v) is 3.79. The van der Waals surface area contributed by atoms with Gasteiger partial charge in [-0.25, -0.2) is 4.79 Å². The molecule has 0 unspecified atom stereocenters. The van der Waals surface area contributed by atoms with Crippen LogP contribution in [0.25, 0.3) is 0 Å². The molecule has 0 radical (unpaired) electrons. The third kappa shape index (κ3) is 4.65. The first-order valence-corrected chi connectivity index (χ1v) is 9.58. The average molecular weight is 368 g/mol. The third-order valence-electron chi connectivity index (χ3n) is 5.80. The van der Waals surface area contributed by atoms with E-state index in [1.54, 1.807) is 19.9 Å². The number of aliphatic hydroxyl groups is 2. The Balaban J connectivity index is 2.33. The van der Waals surface area contributed by atoms with Crippen molar-refractivity contribution in [3.05, 3.63) is 11.6 Å². The van der Waals surface area contributed by atoms with E-state index in [1.807, 2.05) is 20.8 Å². The number of esters is 2. The molecule has 148 valence electrons. The summed E-state index contributed by atoms with van der Waals surface area (Å²) in [6.07, 6.45) is 0.886. The van der Waals surface area contributed by atoms with E-state index in [4.69, 9.17) is 9.47 Å². The van der Waals surface area contributed by atoms with Crippen LogP contribution in [0.5, 0.6) is 0 Å². The van der Waals surface area contributed by atoms with Gasteiger partial charge in [-0.2, -0.15) is 0 Å². The fraction of sp³-hybridized carbons (Fsp3) is 0.800. The van der Waals surface area contributed by atoms with Crippen molar-refractivity contribution in [3.8, 4) is 0 Å². The lowest BCUT2D eigenvalue weighted by atomic mass is 9.78. The number of hydrogen-bond acceptors (Lipinski definition) is 6. The number of aliphatic hydroxyl groups excluding tert-OH is 2. The van der Waals surface area contributed by atoms with Crippen LogP contribution in [0.15, 0.2) is 11.6 Å². The lowest BCUT2D eigenvalue weighted by Gasteiger charge is -2.36. The Labute approximate surface area is 155 Å². The molecule has 6 heteroatoms. The van der Waals surface area contributed by atoms with Crippen LogP contribution in [-0.2, 0) is 19.1 Å². The van der Waals surface area contributed by atoms with Crippen molar-refractivity contribution in [3.63, 3.8) is 0 Å². The molecule has 0 amide bonds. The van der Waals surface area contributed by atoms with Crippen LogP contribution in [0, 0.1) is 23.7 Å². The van der Waals surface area contributed by atoms with Crippen LogP contribution in [-0.4, -0.2) is 46.6 Å². The highest BCUT2D eigenvalue weighted by Crippen LogP contribution is 2.37. The van der Waals surface area contributed by atoms with E-state index in [0.29, 0.717) is 24.8 Å². The van der Waals surface area contributed by atoms with E-state index in [1.165, 1.54) is 0 Å². The number of rotatable bonds is 4. The van der Waals surface area contributed by atoms with Gasteiger partial charge in [0.25, 0.3) is 0 Å². The first-order chi connectivity index (χ1) is 12.1. The summed E-state index contributed by atoms with van der Waals surface area (Å²) in [5.41, 5.74) is 0.594. The topological polar surface area (TPSA) is 93.1 Å². The van der Waals surface area contributed by atoms with Gasteiger partial charge in [0, 0.05) is 17.9 Å². The maximum Gasteiger partial charge on any atom is 0.334 e. The quantitative estimate of drug-likeness (QED) is 0.739. The van der Waals surface area contributed by atoms with E-state index in [2.05, 4.69) is 0 Å². The summed E-state index contributed by atoms with van der Waals surface area (Å²) in [4.78, 5) is 24.6. The van der Waals surface area contributed by atoms with Crippen molar-refractivity contribution in [1.29, 1.82) is 0 Å². The molecule has 0 saturated carbocycles. The van der Waals surface area contributed by atoms with Gasteiger partial charge in [-0.1, -0.05) is 26.8 Å². The SMILES string of the molecule is CC(C)[C@@H]1[C@@H]2CC(=CC[C@H](O)[C@H](C)C[C@@H]1OC(=O)[C@H](C)[C@@H](C)O)C(=O)O2. The Kier molecular flexibility index (Phi) is 6.86. The Hall–Kier alpha value is -1.40. The maximum absolute atomic E-state index is 12.5. The standard InChI is InChI=1S/C20H32O6/c1-10(2)18-16(25-19(23)12(4)13(5)21)8-11(3)15(22)7-6-14-9-17(18)26-20(14)24/h6,10-13,15-18,21-22H,7-9H2,1-5H3/t11-,12-,13-,15+,16+,17+,18+/m1/s1. The monoisotopic (exact) mass is 368 g/mol. The number of carbonyl (C=O) groups excluding carboxylic acids is 2. The average Bonchev–Trinajstić information content (AvgIpc) is 2.90. The van der Waals surface area contributed by atoms with Gasteiger partial charge < -0.3 is 19.7 Å². The molecule has 1 fully saturated rings. The summed E-state index contributed by atoms with van der Waals surface area (Å²) in [6.45, 7) is 9.15. The van der Waals surface area contributed by atoms with Crippen LogP contribution in [0.4, 0.5) is 0 Å². The molecule has 1 aliphatic carbocycles. The normalized spacial score (nSPS) is 34.7. The van der Waals surface area contributed by atoms with Gasteiger partial charge in [0.15, 0.2) is 0 Å². The molecule has 26 heavy (non-hydrogen) atoms. The van der Waals surface area contributed by atoms with Gasteiger partial charge >= 0.3 is 11.9 Å². The Morgan fingerprint density at radius 1 is 1.31 bits per heavy atom. The van der Waals surface area contributed by atoms with Crippen molar-refractivity contribution >= 4 is 11.9 Å². The predicted molar refractivity (Wildman–Crippen MR) is 96.0 cm³/mol. The fourth-order valence-electron chi connectivity index (χ4n) is 3.79. The van der Waals surface area contributed by atoms with Gasteiger partial charge in [-0.15, -0.1) is 0 Å². The summed E-state index contributed by atoms with van der Waals surface area (Å²) < 4.78 is 11.4. The molecule has 1 saturated heterocycles. The van der Waals surface area contributed by atoms with Crippen LogP contribution in [0.2, 0.25) is 0 Å². The zero-order valence-electron chi connectivity index (χ0n) is 16.3. The Morgan fingerprint density at radius 3 is 2.54 bits per heavy atom. The Morgan fingerprint density at radius 2 is 1.96 bits per heavy atom. The van der Waals surface area contributed by atoms with Crippen molar-refractivity contribution in [2.24, 2.45) is 23.7 Å². The summed E-state index contributed by atoms with van der Waals surface area (Å²) in [7, 11) is 0. The van der Waals surface area contributed by atoms with Crippen molar-refractivity contribution in [1.82, 2.24) is 0 Å². The molecule has 7 atom stereocenters. The second-order valence-corrected chi connectivity index (χ2v) is 8.22. The van der Waals surface area contributed by atoms with Crippen LogP contribution >= 0.6 is 0 Å². The molecule has 2 N–H and O–H groups in total. The second-order valence-electron chi connectivity index (χ2n) is 8.22. The van der Waals surface area contributed by atoms with Gasteiger partial charge in [0.05, 0.1) is 18.1 Å². The van der Waals surface area contributed by atoms with Crippen molar-refractivity contribution in [2.45, 2.75) is 78.3 Å². The molecule has 6 nitrogen and oxygen atoms in total. The molecule has 0 aromatic rings. The summed E-state index contributed by atoms with van der Waals surface area (Å²) in [6, 6.07) is 0. The van der Waals surface area contributed by atoms with Gasteiger partial charge in [-0.3, -0.25) is 4.79 Å². The highest BCUT2D eigenvalue weighted by molar-refractivity contribution is 5.90. The Bertz CT molecular complexity index is 553. The molecular formula is C20H32O6. The molecule has 2 bridgehead atoms. The van der Waals surface area contributed by atoms with E-state index in [-0.39, 0.29) is 29.8 Å². The van der Waals surface area contributed by atoms with Crippen molar-refractivity contribution < 1.29 is 29.3 Å². The van der Waals surface area contributed by atoms with Crippen molar-refractivity contribution in [2.75, 3.05) is 0 Å². The molecule has 0 aromatic carbocycles. The number of fused-ring (bicyclic) bond motifs is 2.